The van der Waals surface area contributed by atoms with E-state index >= 15 is 0 Å². The molecule has 1 aliphatic carbocycles. The lowest BCUT2D eigenvalue weighted by Gasteiger charge is -2.30. The number of amides is 1. The minimum Gasteiger partial charge on any atom is -0.450 e. The summed E-state index contributed by atoms with van der Waals surface area (Å²) in [6.07, 6.45) is 9.24. The van der Waals surface area contributed by atoms with Crippen LogP contribution in [0.15, 0.2) is 103 Å². The lowest BCUT2D eigenvalue weighted by Crippen LogP contribution is -2.40. The molecule has 0 radical (unpaired) electrons. The van der Waals surface area contributed by atoms with Gasteiger partial charge < -0.3 is 4.42 Å². The van der Waals surface area contributed by atoms with Crippen LogP contribution in [0, 0.1) is 0 Å². The zero-order valence-corrected chi connectivity index (χ0v) is 21.3. The number of amidine groups is 1. The van der Waals surface area contributed by atoms with E-state index in [0.717, 1.165) is 57.4 Å². The van der Waals surface area contributed by atoms with Gasteiger partial charge in [0.15, 0.2) is 10.3 Å². The number of rotatable bonds is 5. The number of aromatic nitrogens is 1. The lowest BCUT2D eigenvalue weighted by atomic mass is 9.94. The molecule has 1 amide bonds. The Bertz CT molecular complexity index is 1450. The Hall–Kier alpha value is -3.29. The maximum Gasteiger partial charge on any atom is 0.267 e. The van der Waals surface area contributed by atoms with E-state index in [9.17, 15) is 4.79 Å². The smallest absolute Gasteiger partial charge is 0.267 e. The number of carbonyl (C=O) groups is 1. The Morgan fingerprint density at radius 3 is 2.67 bits per heavy atom. The predicted molar refractivity (Wildman–Crippen MR) is 147 cm³/mol. The average molecular weight is 512 g/mol. The summed E-state index contributed by atoms with van der Waals surface area (Å²) in [5, 5.41) is 2.61. The number of thioether (sulfide) groups is 1. The van der Waals surface area contributed by atoms with Gasteiger partial charge in [-0.1, -0.05) is 55.7 Å². The molecule has 0 atom stereocenters. The molecule has 2 aromatic carbocycles. The summed E-state index contributed by atoms with van der Waals surface area (Å²) in [4.78, 5) is 26.5. The van der Waals surface area contributed by atoms with Crippen molar-refractivity contribution in [3.05, 3.63) is 89.7 Å². The first-order chi connectivity index (χ1) is 17.7. The molecule has 2 fully saturated rings. The van der Waals surface area contributed by atoms with Crippen LogP contribution >= 0.6 is 23.5 Å². The Morgan fingerprint density at radius 2 is 1.81 bits per heavy atom. The highest BCUT2D eigenvalue weighted by Crippen LogP contribution is 2.39. The van der Waals surface area contributed by atoms with Crippen LogP contribution in [0.5, 0.6) is 0 Å². The molecule has 36 heavy (non-hydrogen) atoms. The molecular weight excluding hydrogens is 486 g/mol. The first-order valence-electron chi connectivity index (χ1n) is 12.2. The number of para-hydroxylation sites is 2. The topological polar surface area (TPSA) is 58.7 Å². The maximum absolute atomic E-state index is 13.6. The number of carbonyl (C=O) groups excluding carboxylic acids is 1. The molecule has 0 N–H and O–H groups in total. The Morgan fingerprint density at radius 1 is 0.972 bits per heavy atom. The number of nitrogens with zero attached hydrogens (tertiary/aromatic N) is 3. The van der Waals surface area contributed by atoms with Gasteiger partial charge in [0.05, 0.1) is 16.1 Å². The highest BCUT2D eigenvalue weighted by molar-refractivity contribution is 8.18. The van der Waals surface area contributed by atoms with Gasteiger partial charge in [-0.25, -0.2) is 4.99 Å². The molecule has 4 aromatic rings. The van der Waals surface area contributed by atoms with Crippen LogP contribution in [0.1, 0.15) is 37.9 Å². The van der Waals surface area contributed by atoms with Gasteiger partial charge in [-0.3, -0.25) is 14.7 Å². The van der Waals surface area contributed by atoms with Crippen LogP contribution < -0.4 is 0 Å². The number of aliphatic imine (C=N–C) groups is 1. The highest BCUT2D eigenvalue weighted by Gasteiger charge is 2.38. The summed E-state index contributed by atoms with van der Waals surface area (Å²) in [5.41, 5.74) is 1.81. The van der Waals surface area contributed by atoms with Gasteiger partial charge >= 0.3 is 0 Å². The molecule has 6 rings (SSSR count). The van der Waals surface area contributed by atoms with E-state index in [1.54, 1.807) is 6.20 Å². The van der Waals surface area contributed by atoms with Crippen LogP contribution in [0.25, 0.3) is 17.0 Å². The van der Waals surface area contributed by atoms with Gasteiger partial charge in [0.2, 0.25) is 0 Å². The van der Waals surface area contributed by atoms with Crippen LogP contribution in [0.2, 0.25) is 0 Å². The van der Waals surface area contributed by atoms with Crippen LogP contribution in [0.4, 0.5) is 5.69 Å². The summed E-state index contributed by atoms with van der Waals surface area (Å²) in [6, 6.07) is 24.0. The second-order valence-corrected chi connectivity index (χ2v) is 11.0. The van der Waals surface area contributed by atoms with Gasteiger partial charge in [-0.2, -0.15) is 0 Å². The molecule has 5 nitrogen and oxygen atoms in total. The molecule has 0 bridgehead atoms. The molecular formula is C29H25N3O2S2. The molecule has 7 heteroatoms. The van der Waals surface area contributed by atoms with E-state index in [2.05, 4.69) is 17.1 Å². The molecule has 180 valence electrons. The molecule has 0 unspecified atom stereocenters. The van der Waals surface area contributed by atoms with Crippen LogP contribution in [-0.2, 0) is 4.79 Å². The van der Waals surface area contributed by atoms with E-state index < -0.39 is 0 Å². The van der Waals surface area contributed by atoms with Crippen molar-refractivity contribution in [1.29, 1.82) is 0 Å². The third-order valence-electron chi connectivity index (χ3n) is 6.44. The van der Waals surface area contributed by atoms with Crippen molar-refractivity contribution in [2.75, 3.05) is 0 Å². The van der Waals surface area contributed by atoms with Crippen molar-refractivity contribution in [3.8, 4) is 0 Å². The van der Waals surface area contributed by atoms with Crippen molar-refractivity contribution in [2.24, 2.45) is 4.99 Å². The average Bonchev–Trinajstić information content (AvgIpc) is 3.48. The quantitative estimate of drug-likeness (QED) is 0.255. The van der Waals surface area contributed by atoms with Crippen molar-refractivity contribution < 1.29 is 9.21 Å². The second kappa shape index (κ2) is 10.4. The normalized spacial score (nSPS) is 19.1. The predicted octanol–water partition coefficient (Wildman–Crippen LogP) is 7.92. The highest BCUT2D eigenvalue weighted by atomic mass is 32.2. The number of benzene rings is 2. The fourth-order valence-electron chi connectivity index (χ4n) is 4.70. The number of hydrogen-bond acceptors (Lipinski definition) is 6. The van der Waals surface area contributed by atoms with Crippen molar-refractivity contribution in [3.63, 3.8) is 0 Å². The SMILES string of the molecule is O=C1/C(=C/c2ccc(Sc3cccc4cccnc34)o2)SC(=Nc2ccccc2)N1C1CCCCC1. The molecule has 1 saturated heterocycles. The number of fused-ring (bicyclic) bond motifs is 1. The molecule has 1 aliphatic heterocycles. The zero-order chi connectivity index (χ0) is 24.3. The summed E-state index contributed by atoms with van der Waals surface area (Å²) in [7, 11) is 0. The third kappa shape index (κ3) is 4.86. The zero-order valence-electron chi connectivity index (χ0n) is 19.7. The Balaban J connectivity index is 1.27. The van der Waals surface area contributed by atoms with Crippen molar-refractivity contribution in [1.82, 2.24) is 9.88 Å². The minimum atomic E-state index is 0.0189. The Labute approximate surface area is 218 Å². The summed E-state index contributed by atoms with van der Waals surface area (Å²) in [6.45, 7) is 0. The fraction of sp³-hybridized carbons (Fsp3) is 0.207. The van der Waals surface area contributed by atoms with Gasteiger partial charge in [-0.05, 0) is 72.8 Å². The molecule has 1 saturated carbocycles. The van der Waals surface area contributed by atoms with E-state index in [1.165, 1.54) is 29.9 Å². The second-order valence-electron chi connectivity index (χ2n) is 8.90. The maximum atomic E-state index is 13.6. The Kier molecular flexibility index (Phi) is 6.66. The minimum absolute atomic E-state index is 0.0189. The summed E-state index contributed by atoms with van der Waals surface area (Å²) >= 11 is 2.97. The first-order valence-corrected chi connectivity index (χ1v) is 13.9. The van der Waals surface area contributed by atoms with E-state index in [0.29, 0.717) is 10.7 Å². The monoisotopic (exact) mass is 511 g/mol. The molecule has 2 aromatic heterocycles. The molecule has 3 heterocycles. The number of pyridine rings is 1. The fourth-order valence-corrected chi connectivity index (χ4v) is 6.65. The third-order valence-corrected chi connectivity index (χ3v) is 8.39. The first kappa shape index (κ1) is 23.1. The van der Waals surface area contributed by atoms with Gasteiger partial charge in [0.25, 0.3) is 5.91 Å². The van der Waals surface area contributed by atoms with Gasteiger partial charge in [-0.15, -0.1) is 0 Å². The van der Waals surface area contributed by atoms with Crippen molar-refractivity contribution in [2.45, 2.75) is 48.1 Å². The largest absolute Gasteiger partial charge is 0.450 e. The van der Waals surface area contributed by atoms with E-state index in [-0.39, 0.29) is 11.9 Å². The summed E-state index contributed by atoms with van der Waals surface area (Å²) < 4.78 is 6.12. The molecule has 2 aliphatic rings. The van der Waals surface area contributed by atoms with E-state index in [1.807, 2.05) is 71.6 Å². The van der Waals surface area contributed by atoms with Crippen molar-refractivity contribution >= 4 is 57.3 Å². The lowest BCUT2D eigenvalue weighted by molar-refractivity contribution is -0.124. The number of furan rings is 1. The molecule has 0 spiro atoms. The number of hydrogen-bond donors (Lipinski definition) is 0. The standard InChI is InChI=1S/C29H25N3O2S2/c33-28-25(36-29(31-21-11-3-1-4-12-21)32(28)22-13-5-2-6-14-22)19-23-16-17-26(34-23)35-24-15-7-9-20-10-8-18-30-27(20)24/h1,3-4,7-12,15-19,22H,2,5-6,13-14H2/b25-19-,31-29?. The van der Waals surface area contributed by atoms with Crippen LogP contribution in [-0.4, -0.2) is 27.0 Å². The van der Waals surface area contributed by atoms with Gasteiger partial charge in [0.1, 0.15) is 5.76 Å². The van der Waals surface area contributed by atoms with E-state index in [4.69, 9.17) is 9.41 Å². The summed E-state index contributed by atoms with van der Waals surface area (Å²) in [5.74, 6) is 0.677. The van der Waals surface area contributed by atoms with Crippen LogP contribution in [0.3, 0.4) is 0 Å². The van der Waals surface area contributed by atoms with Gasteiger partial charge in [0, 0.05) is 28.6 Å².